The van der Waals surface area contributed by atoms with Gasteiger partial charge in [0, 0.05) is 26.3 Å². The monoisotopic (exact) mass is 555 g/mol. The number of nitrogens with one attached hydrogen (secondary N) is 1. The van der Waals surface area contributed by atoms with Crippen molar-refractivity contribution in [2.24, 2.45) is 5.41 Å². The largest absolute Gasteiger partial charge is 0.367 e. The van der Waals surface area contributed by atoms with E-state index in [4.69, 9.17) is 0 Å². The van der Waals surface area contributed by atoms with Crippen molar-refractivity contribution in [3.8, 4) is 0 Å². The molecule has 4 aliphatic rings. The number of hydrogen-bond donors (Lipinski definition) is 1. The number of imide groups is 4. The number of rotatable bonds is 2. The summed E-state index contributed by atoms with van der Waals surface area (Å²) in [6.07, 6.45) is 2.91. The Hall–Kier alpha value is -4.80. The molecule has 2 aromatic rings. The highest BCUT2D eigenvalue weighted by Gasteiger charge is 2.63. The van der Waals surface area contributed by atoms with Crippen LogP contribution >= 0.6 is 0 Å². The van der Waals surface area contributed by atoms with Crippen LogP contribution in [0.1, 0.15) is 35.1 Å². The predicted molar refractivity (Wildman–Crippen MR) is 149 cm³/mol. The molecule has 0 aliphatic carbocycles. The molecule has 8 amide bonds. The summed E-state index contributed by atoms with van der Waals surface area (Å²) in [6, 6.07) is 8.76. The summed E-state index contributed by atoms with van der Waals surface area (Å²) in [5.41, 5.74) is 2.39. The molecule has 0 saturated carbocycles. The zero-order valence-corrected chi connectivity index (χ0v) is 23.2. The van der Waals surface area contributed by atoms with Crippen molar-refractivity contribution in [1.82, 2.24) is 15.1 Å². The maximum atomic E-state index is 13.6. The van der Waals surface area contributed by atoms with Gasteiger partial charge < -0.3 is 4.90 Å². The van der Waals surface area contributed by atoms with Crippen LogP contribution in [-0.2, 0) is 25.6 Å². The van der Waals surface area contributed by atoms with E-state index in [0.29, 0.717) is 29.8 Å². The van der Waals surface area contributed by atoms with Crippen molar-refractivity contribution in [3.05, 3.63) is 64.2 Å². The Labute approximate surface area is 236 Å². The first-order valence-electron chi connectivity index (χ1n) is 13.4. The number of amides is 8. The molecule has 6 rings (SSSR count). The van der Waals surface area contributed by atoms with Gasteiger partial charge in [-0.05, 0) is 79.6 Å². The first-order valence-corrected chi connectivity index (χ1v) is 13.4. The number of anilines is 2. The average Bonchev–Trinajstić information content (AvgIpc) is 3.45. The highest BCUT2D eigenvalue weighted by atomic mass is 16.2. The van der Waals surface area contributed by atoms with Crippen molar-refractivity contribution < 1.29 is 28.8 Å². The third-order valence-corrected chi connectivity index (χ3v) is 8.88. The van der Waals surface area contributed by atoms with E-state index in [1.807, 2.05) is 19.1 Å². The Morgan fingerprint density at radius 2 is 1.63 bits per heavy atom. The van der Waals surface area contributed by atoms with Gasteiger partial charge in [0.05, 0.1) is 11.7 Å². The molecule has 210 valence electrons. The van der Waals surface area contributed by atoms with Crippen LogP contribution in [0.3, 0.4) is 0 Å². The lowest BCUT2D eigenvalue weighted by Crippen LogP contribution is -2.70. The van der Waals surface area contributed by atoms with Gasteiger partial charge in [-0.1, -0.05) is 18.2 Å². The van der Waals surface area contributed by atoms with Crippen LogP contribution in [0.2, 0.25) is 0 Å². The first kappa shape index (κ1) is 26.4. The summed E-state index contributed by atoms with van der Waals surface area (Å²) in [6.45, 7) is 4.31. The number of urea groups is 2. The van der Waals surface area contributed by atoms with Crippen LogP contribution in [0.5, 0.6) is 0 Å². The van der Waals surface area contributed by atoms with Gasteiger partial charge in [-0.15, -0.1) is 0 Å². The molecule has 0 bridgehead atoms. The third-order valence-electron chi connectivity index (χ3n) is 8.88. The molecule has 11 heteroatoms. The zero-order valence-electron chi connectivity index (χ0n) is 23.2. The number of fused-ring (bicyclic) bond motifs is 4. The van der Waals surface area contributed by atoms with Gasteiger partial charge in [-0.2, -0.15) is 0 Å². The van der Waals surface area contributed by atoms with Gasteiger partial charge in [-0.3, -0.25) is 34.3 Å². The Kier molecular flexibility index (Phi) is 5.88. The van der Waals surface area contributed by atoms with Crippen LogP contribution in [0.25, 0.3) is 6.08 Å². The predicted octanol–water partition coefficient (Wildman–Crippen LogP) is 2.53. The van der Waals surface area contributed by atoms with Gasteiger partial charge in [0.1, 0.15) is 5.57 Å². The normalized spacial score (nSPS) is 23.0. The van der Waals surface area contributed by atoms with Crippen LogP contribution in [-0.4, -0.2) is 72.2 Å². The Bertz CT molecular complexity index is 1600. The molecular formula is C30H29N5O6. The molecule has 0 unspecified atom stereocenters. The van der Waals surface area contributed by atoms with E-state index in [1.165, 1.54) is 20.2 Å². The van der Waals surface area contributed by atoms with Crippen LogP contribution < -0.4 is 15.1 Å². The van der Waals surface area contributed by atoms with Crippen LogP contribution in [0.4, 0.5) is 21.0 Å². The fourth-order valence-electron chi connectivity index (χ4n) is 6.65. The number of carbonyl (C=O) groups excluding carboxylic acids is 6. The van der Waals surface area contributed by atoms with E-state index in [1.54, 1.807) is 31.2 Å². The minimum atomic E-state index is -1.46. The Morgan fingerprint density at radius 3 is 2.34 bits per heavy atom. The molecule has 3 saturated heterocycles. The molecule has 4 heterocycles. The standard InChI is InChI=1S/C30H29N5O6/c1-16-7-5-8-21(17(16)2)35-25(37)20(24(36)31-28(35)40)14-18-10-11-22-19(13-18)15-30(23-9-6-12-34(22)23)26(38)32(3)29(41)33(4)27(30)39/h5,7-8,10-11,13-14,23H,6,9,12,15H2,1-4H3,(H,31,36,40)/b20-14+/t23-/m1/s1. The number of barbiturate groups is 2. The minimum absolute atomic E-state index is 0.0768. The number of aryl methyl sites for hydroxylation is 1. The van der Waals surface area contributed by atoms with E-state index in [-0.39, 0.29) is 18.0 Å². The van der Waals surface area contributed by atoms with E-state index in [0.717, 1.165) is 37.9 Å². The highest BCUT2D eigenvalue weighted by molar-refractivity contribution is 6.39. The summed E-state index contributed by atoms with van der Waals surface area (Å²) in [5.74, 6) is -2.61. The minimum Gasteiger partial charge on any atom is -0.367 e. The summed E-state index contributed by atoms with van der Waals surface area (Å²) in [4.78, 5) is 83.9. The Morgan fingerprint density at radius 1 is 0.927 bits per heavy atom. The van der Waals surface area contributed by atoms with Crippen molar-refractivity contribution >= 4 is 53.1 Å². The Balaban J connectivity index is 1.42. The fourth-order valence-corrected chi connectivity index (χ4v) is 6.65. The molecule has 2 aromatic carbocycles. The molecule has 1 atom stereocenters. The molecule has 0 radical (unpaired) electrons. The van der Waals surface area contributed by atoms with E-state index in [2.05, 4.69) is 10.2 Å². The number of nitrogens with zero attached hydrogens (tertiary/aromatic N) is 4. The van der Waals surface area contributed by atoms with E-state index >= 15 is 0 Å². The second-order valence-electron chi connectivity index (χ2n) is 11.1. The maximum absolute atomic E-state index is 13.6. The summed E-state index contributed by atoms with van der Waals surface area (Å²) >= 11 is 0. The second kappa shape index (κ2) is 9.12. The third kappa shape index (κ3) is 3.64. The van der Waals surface area contributed by atoms with E-state index < -0.39 is 41.1 Å². The van der Waals surface area contributed by atoms with Gasteiger partial charge in [0.2, 0.25) is 11.8 Å². The van der Waals surface area contributed by atoms with Crippen LogP contribution in [0, 0.1) is 19.3 Å². The quantitative estimate of drug-likeness (QED) is 0.343. The van der Waals surface area contributed by atoms with Crippen molar-refractivity contribution in [3.63, 3.8) is 0 Å². The summed E-state index contributed by atoms with van der Waals surface area (Å²) < 4.78 is 0. The van der Waals surface area contributed by atoms with Gasteiger partial charge in [0.25, 0.3) is 11.8 Å². The first-order chi connectivity index (χ1) is 19.5. The van der Waals surface area contributed by atoms with Gasteiger partial charge in [0.15, 0.2) is 5.41 Å². The zero-order chi connectivity index (χ0) is 29.4. The molecule has 1 N–H and O–H groups in total. The lowest BCUT2D eigenvalue weighted by Gasteiger charge is -2.50. The molecule has 41 heavy (non-hydrogen) atoms. The molecular weight excluding hydrogens is 526 g/mol. The summed E-state index contributed by atoms with van der Waals surface area (Å²) in [7, 11) is 2.78. The highest BCUT2D eigenvalue weighted by Crippen LogP contribution is 2.49. The number of hydrogen-bond acceptors (Lipinski definition) is 7. The summed E-state index contributed by atoms with van der Waals surface area (Å²) in [5, 5.41) is 2.26. The molecule has 4 aliphatic heterocycles. The number of benzene rings is 2. The van der Waals surface area contributed by atoms with Gasteiger partial charge in [-0.25, -0.2) is 14.5 Å². The van der Waals surface area contributed by atoms with E-state index in [9.17, 15) is 28.8 Å². The molecule has 1 spiro atoms. The van der Waals surface area contributed by atoms with Crippen LogP contribution in [0.15, 0.2) is 42.0 Å². The second-order valence-corrected chi connectivity index (χ2v) is 11.1. The van der Waals surface area contributed by atoms with Crippen molar-refractivity contribution in [2.45, 2.75) is 39.2 Å². The maximum Gasteiger partial charge on any atom is 0.335 e. The SMILES string of the molecule is Cc1cccc(N2C(=O)NC(=O)/C(=C\c3ccc4c(c3)CC3(C(=O)N(C)C(=O)N(C)C3=O)[C@H]3CCCN43)C2=O)c1C. The topological polar surface area (TPSA) is 127 Å². The molecule has 11 nitrogen and oxygen atoms in total. The smallest absolute Gasteiger partial charge is 0.335 e. The molecule has 0 aromatic heterocycles. The molecule has 3 fully saturated rings. The lowest BCUT2D eigenvalue weighted by atomic mass is 9.68. The van der Waals surface area contributed by atoms with Gasteiger partial charge >= 0.3 is 12.1 Å². The fraction of sp³-hybridized carbons (Fsp3) is 0.333. The lowest BCUT2D eigenvalue weighted by molar-refractivity contribution is -0.159. The average molecular weight is 556 g/mol. The van der Waals surface area contributed by atoms with Crippen molar-refractivity contribution in [2.75, 3.05) is 30.4 Å². The van der Waals surface area contributed by atoms with Crippen molar-refractivity contribution in [1.29, 1.82) is 0 Å². The number of carbonyl (C=O) groups is 6.